The quantitative estimate of drug-likeness (QED) is 0.712. The Morgan fingerprint density at radius 2 is 1.61 bits per heavy atom. The number of ether oxygens (including phenoxy) is 1. The highest BCUT2D eigenvalue weighted by atomic mass is 16.6. The van der Waals surface area contributed by atoms with Gasteiger partial charge in [-0.2, -0.15) is 0 Å². The van der Waals surface area contributed by atoms with Gasteiger partial charge in [0.25, 0.3) is 0 Å². The van der Waals surface area contributed by atoms with Crippen molar-refractivity contribution in [1.29, 1.82) is 0 Å². The van der Waals surface area contributed by atoms with Crippen LogP contribution < -0.4 is 0 Å². The Morgan fingerprint density at radius 3 is 2.06 bits per heavy atom. The summed E-state index contributed by atoms with van der Waals surface area (Å²) in [6, 6.07) is 0. The third kappa shape index (κ3) is 1.98. The molecule has 4 aliphatic rings. The van der Waals surface area contributed by atoms with Crippen LogP contribution in [-0.4, -0.2) is 11.6 Å². The lowest BCUT2D eigenvalue weighted by Crippen LogP contribution is -2.58. The van der Waals surface area contributed by atoms with E-state index in [1.807, 2.05) is 0 Å². The molecule has 0 saturated heterocycles. The van der Waals surface area contributed by atoms with E-state index < -0.39 is 0 Å². The lowest BCUT2D eigenvalue weighted by Gasteiger charge is -2.59. The average Bonchev–Trinajstić information content (AvgIpc) is 2.23. The molecule has 0 N–H and O–H groups in total. The zero-order chi connectivity index (χ0) is 12.9. The highest BCUT2D eigenvalue weighted by molar-refractivity contribution is 5.70. The number of hydrogen-bond donors (Lipinski definition) is 0. The van der Waals surface area contributed by atoms with Crippen LogP contribution in [-0.2, 0) is 9.53 Å². The summed E-state index contributed by atoms with van der Waals surface area (Å²) in [4.78, 5) is 12.0. The highest BCUT2D eigenvalue weighted by Gasteiger charge is 2.56. The van der Waals surface area contributed by atoms with Crippen LogP contribution in [0.25, 0.3) is 0 Å². The van der Waals surface area contributed by atoms with Crippen LogP contribution in [0.1, 0.15) is 59.3 Å². The van der Waals surface area contributed by atoms with Crippen molar-refractivity contribution in [3.05, 3.63) is 0 Å². The second-order valence-electron chi connectivity index (χ2n) is 7.56. The lowest BCUT2D eigenvalue weighted by atomic mass is 9.50. The van der Waals surface area contributed by atoms with E-state index in [0.29, 0.717) is 24.2 Å². The fourth-order valence-corrected chi connectivity index (χ4v) is 4.91. The Kier molecular flexibility index (Phi) is 2.95. The lowest BCUT2D eigenvalue weighted by molar-refractivity contribution is -0.203. The summed E-state index contributed by atoms with van der Waals surface area (Å²) >= 11 is 0. The summed E-state index contributed by atoms with van der Waals surface area (Å²) in [5.74, 6) is 3.58. The fourth-order valence-electron chi connectivity index (χ4n) is 4.91. The molecule has 0 heterocycles. The maximum atomic E-state index is 12.0. The first-order valence-electron chi connectivity index (χ1n) is 7.69. The molecule has 4 fully saturated rings. The van der Waals surface area contributed by atoms with Crippen LogP contribution >= 0.6 is 0 Å². The summed E-state index contributed by atoms with van der Waals surface area (Å²) < 4.78 is 5.99. The molecule has 0 aromatic heterocycles. The minimum Gasteiger partial charge on any atom is -0.459 e. The minimum absolute atomic E-state index is 0.0278. The van der Waals surface area contributed by atoms with Crippen LogP contribution in [0.15, 0.2) is 0 Å². The van der Waals surface area contributed by atoms with E-state index in [4.69, 9.17) is 4.74 Å². The van der Waals surface area contributed by atoms with Gasteiger partial charge in [-0.05, 0) is 68.6 Å². The van der Waals surface area contributed by atoms with Crippen LogP contribution in [0.3, 0.4) is 0 Å². The van der Waals surface area contributed by atoms with Gasteiger partial charge in [-0.25, -0.2) is 0 Å². The molecule has 0 aliphatic heterocycles. The standard InChI is InChI=1S/C16H26O2/c1-10(2)4-15(17)18-16(3)13-6-11-5-12(8-13)9-14(16)7-11/h10-14H,4-9H2,1-3H3. The first kappa shape index (κ1) is 12.5. The zero-order valence-corrected chi connectivity index (χ0v) is 11.9. The van der Waals surface area contributed by atoms with Crippen LogP contribution in [0.5, 0.6) is 0 Å². The van der Waals surface area contributed by atoms with Crippen molar-refractivity contribution in [2.45, 2.75) is 64.9 Å². The zero-order valence-electron chi connectivity index (χ0n) is 11.9. The van der Waals surface area contributed by atoms with E-state index in [2.05, 4.69) is 20.8 Å². The topological polar surface area (TPSA) is 26.3 Å². The van der Waals surface area contributed by atoms with E-state index in [9.17, 15) is 4.79 Å². The van der Waals surface area contributed by atoms with Gasteiger partial charge in [0.15, 0.2) is 0 Å². The monoisotopic (exact) mass is 250 g/mol. The molecule has 0 unspecified atom stereocenters. The molecule has 2 nitrogen and oxygen atoms in total. The first-order chi connectivity index (χ1) is 8.47. The molecule has 18 heavy (non-hydrogen) atoms. The second kappa shape index (κ2) is 4.25. The van der Waals surface area contributed by atoms with E-state index in [-0.39, 0.29) is 11.6 Å². The molecule has 0 aromatic rings. The maximum Gasteiger partial charge on any atom is 0.306 e. The van der Waals surface area contributed by atoms with Gasteiger partial charge >= 0.3 is 5.97 Å². The third-order valence-corrected chi connectivity index (χ3v) is 5.67. The predicted molar refractivity (Wildman–Crippen MR) is 71.0 cm³/mol. The van der Waals surface area contributed by atoms with Crippen molar-refractivity contribution >= 4 is 5.97 Å². The maximum absolute atomic E-state index is 12.0. The van der Waals surface area contributed by atoms with Crippen molar-refractivity contribution in [2.75, 3.05) is 0 Å². The van der Waals surface area contributed by atoms with E-state index in [1.165, 1.54) is 32.1 Å². The van der Waals surface area contributed by atoms with Crippen molar-refractivity contribution in [2.24, 2.45) is 29.6 Å². The summed E-state index contributed by atoms with van der Waals surface area (Å²) in [5.41, 5.74) is -0.139. The number of carbonyl (C=O) groups is 1. The molecule has 4 aliphatic carbocycles. The molecule has 0 radical (unpaired) electrons. The third-order valence-electron chi connectivity index (χ3n) is 5.67. The molecule has 4 saturated carbocycles. The largest absolute Gasteiger partial charge is 0.459 e. The summed E-state index contributed by atoms with van der Waals surface area (Å²) in [6.45, 7) is 6.39. The highest BCUT2D eigenvalue weighted by Crippen LogP contribution is 2.59. The van der Waals surface area contributed by atoms with Gasteiger partial charge in [-0.15, -0.1) is 0 Å². The van der Waals surface area contributed by atoms with Gasteiger partial charge in [0.05, 0.1) is 0 Å². The molecule has 0 spiro atoms. The average molecular weight is 250 g/mol. The van der Waals surface area contributed by atoms with Gasteiger partial charge in [-0.1, -0.05) is 13.8 Å². The Balaban J connectivity index is 1.72. The van der Waals surface area contributed by atoms with Gasteiger partial charge in [0.2, 0.25) is 0 Å². The van der Waals surface area contributed by atoms with Crippen LogP contribution in [0.4, 0.5) is 0 Å². The van der Waals surface area contributed by atoms with E-state index in [1.54, 1.807) is 0 Å². The summed E-state index contributed by atoms with van der Waals surface area (Å²) in [5, 5.41) is 0. The molecular weight excluding hydrogens is 224 g/mol. The van der Waals surface area contributed by atoms with Gasteiger partial charge < -0.3 is 4.74 Å². The van der Waals surface area contributed by atoms with Crippen molar-refractivity contribution in [3.8, 4) is 0 Å². The second-order valence-corrected chi connectivity index (χ2v) is 7.56. The minimum atomic E-state index is -0.139. The predicted octanol–water partition coefficient (Wildman–Crippen LogP) is 3.79. The Bertz CT molecular complexity index is 317. The molecule has 4 rings (SSSR count). The number of esters is 1. The van der Waals surface area contributed by atoms with E-state index >= 15 is 0 Å². The number of rotatable bonds is 3. The molecular formula is C16H26O2. The van der Waals surface area contributed by atoms with Crippen LogP contribution in [0, 0.1) is 29.6 Å². The van der Waals surface area contributed by atoms with Crippen molar-refractivity contribution in [1.82, 2.24) is 0 Å². The normalized spacial score (nSPS) is 45.6. The Morgan fingerprint density at radius 1 is 1.11 bits per heavy atom. The smallest absolute Gasteiger partial charge is 0.306 e. The van der Waals surface area contributed by atoms with Crippen molar-refractivity contribution in [3.63, 3.8) is 0 Å². The van der Waals surface area contributed by atoms with Crippen LogP contribution in [0.2, 0.25) is 0 Å². The van der Waals surface area contributed by atoms with Gasteiger partial charge in [0.1, 0.15) is 5.60 Å². The number of carbonyl (C=O) groups excluding carboxylic acids is 1. The first-order valence-corrected chi connectivity index (χ1v) is 7.69. The summed E-state index contributed by atoms with van der Waals surface area (Å²) in [7, 11) is 0. The van der Waals surface area contributed by atoms with Gasteiger partial charge in [-0.3, -0.25) is 4.79 Å². The molecule has 4 bridgehead atoms. The molecule has 0 aromatic carbocycles. The SMILES string of the molecule is CC(C)CC(=O)OC1(C)C2CC3CC(C2)CC1C3. The van der Waals surface area contributed by atoms with Gasteiger partial charge in [0, 0.05) is 6.42 Å². The summed E-state index contributed by atoms with van der Waals surface area (Å²) in [6.07, 6.45) is 7.23. The fraction of sp³-hybridized carbons (Fsp3) is 0.938. The Hall–Kier alpha value is -0.530. The Labute approximate surface area is 110 Å². The van der Waals surface area contributed by atoms with E-state index in [0.717, 1.165) is 11.8 Å². The molecule has 2 heteroatoms. The molecule has 102 valence electrons. The molecule has 0 atom stereocenters. The van der Waals surface area contributed by atoms with Crippen molar-refractivity contribution < 1.29 is 9.53 Å². The number of hydrogen-bond acceptors (Lipinski definition) is 2. The molecule has 0 amide bonds.